The van der Waals surface area contributed by atoms with Crippen LogP contribution in [0.3, 0.4) is 0 Å². The second-order valence-corrected chi connectivity index (χ2v) is 2.82. The standard InChI is InChI=1S/C8H13NO/c1-7-8(3-2-5-9)4-6-10-7/h7-8H,2-4,6H2,1H3. The number of ether oxygens (including phenoxy) is 1. The van der Waals surface area contributed by atoms with Gasteiger partial charge in [-0.1, -0.05) is 0 Å². The lowest BCUT2D eigenvalue weighted by atomic mass is 9.97. The first-order valence-electron chi connectivity index (χ1n) is 3.83. The van der Waals surface area contributed by atoms with Gasteiger partial charge in [-0.05, 0) is 25.7 Å². The van der Waals surface area contributed by atoms with E-state index in [0.717, 1.165) is 19.4 Å². The molecule has 0 aromatic rings. The second kappa shape index (κ2) is 3.58. The minimum absolute atomic E-state index is 0.383. The van der Waals surface area contributed by atoms with Crippen molar-refractivity contribution in [2.24, 2.45) is 5.92 Å². The van der Waals surface area contributed by atoms with E-state index in [4.69, 9.17) is 10.00 Å². The fourth-order valence-electron chi connectivity index (χ4n) is 1.41. The number of rotatable bonds is 2. The Kier molecular flexibility index (Phi) is 2.70. The van der Waals surface area contributed by atoms with E-state index in [1.165, 1.54) is 0 Å². The van der Waals surface area contributed by atoms with Crippen molar-refractivity contribution < 1.29 is 4.74 Å². The van der Waals surface area contributed by atoms with Crippen LogP contribution in [-0.2, 0) is 4.74 Å². The molecule has 1 heterocycles. The third-order valence-corrected chi connectivity index (χ3v) is 2.16. The molecule has 1 rings (SSSR count). The smallest absolute Gasteiger partial charge is 0.0621 e. The van der Waals surface area contributed by atoms with Gasteiger partial charge in [0.15, 0.2) is 0 Å². The van der Waals surface area contributed by atoms with Crippen LogP contribution >= 0.6 is 0 Å². The fraction of sp³-hybridized carbons (Fsp3) is 0.875. The minimum atomic E-state index is 0.383. The van der Waals surface area contributed by atoms with Gasteiger partial charge in [0.05, 0.1) is 12.2 Å². The monoisotopic (exact) mass is 139 g/mol. The highest BCUT2D eigenvalue weighted by Crippen LogP contribution is 2.24. The average molecular weight is 139 g/mol. The molecule has 0 radical (unpaired) electrons. The largest absolute Gasteiger partial charge is 0.378 e. The first-order valence-corrected chi connectivity index (χ1v) is 3.83. The summed E-state index contributed by atoms with van der Waals surface area (Å²) in [5.74, 6) is 0.639. The zero-order valence-electron chi connectivity index (χ0n) is 6.34. The van der Waals surface area contributed by atoms with Crippen LogP contribution in [-0.4, -0.2) is 12.7 Å². The molecular formula is C8H13NO. The first-order chi connectivity index (χ1) is 4.84. The van der Waals surface area contributed by atoms with Gasteiger partial charge in [-0.25, -0.2) is 0 Å². The van der Waals surface area contributed by atoms with Crippen molar-refractivity contribution in [2.75, 3.05) is 6.61 Å². The summed E-state index contributed by atoms with van der Waals surface area (Å²) >= 11 is 0. The maximum atomic E-state index is 8.32. The van der Waals surface area contributed by atoms with E-state index in [0.29, 0.717) is 18.4 Å². The molecule has 1 aliphatic rings. The normalized spacial score (nSPS) is 32.0. The highest BCUT2D eigenvalue weighted by molar-refractivity contribution is 4.78. The molecule has 0 aliphatic carbocycles. The molecule has 1 saturated heterocycles. The van der Waals surface area contributed by atoms with E-state index in [1.54, 1.807) is 0 Å². The van der Waals surface area contributed by atoms with Crippen LogP contribution in [0.1, 0.15) is 26.2 Å². The fourth-order valence-corrected chi connectivity index (χ4v) is 1.41. The van der Waals surface area contributed by atoms with Crippen LogP contribution in [0.5, 0.6) is 0 Å². The third kappa shape index (κ3) is 1.71. The van der Waals surface area contributed by atoms with Crippen LogP contribution in [0.15, 0.2) is 0 Å². The average Bonchev–Trinajstić information content (AvgIpc) is 2.31. The van der Waals surface area contributed by atoms with Crippen molar-refractivity contribution in [1.29, 1.82) is 5.26 Å². The van der Waals surface area contributed by atoms with E-state index in [-0.39, 0.29) is 0 Å². The Morgan fingerprint density at radius 1 is 1.70 bits per heavy atom. The SMILES string of the molecule is CC1OCCC1CCC#N. The molecule has 0 bridgehead atoms. The molecule has 0 spiro atoms. The second-order valence-electron chi connectivity index (χ2n) is 2.82. The molecular weight excluding hydrogens is 126 g/mol. The minimum Gasteiger partial charge on any atom is -0.378 e. The Morgan fingerprint density at radius 3 is 3.00 bits per heavy atom. The summed E-state index contributed by atoms with van der Waals surface area (Å²) in [4.78, 5) is 0. The van der Waals surface area contributed by atoms with Gasteiger partial charge in [-0.3, -0.25) is 0 Å². The summed E-state index contributed by atoms with van der Waals surface area (Å²) in [5.41, 5.74) is 0. The zero-order chi connectivity index (χ0) is 7.40. The number of nitriles is 1. The van der Waals surface area contributed by atoms with E-state index in [1.807, 2.05) is 0 Å². The van der Waals surface area contributed by atoms with Crippen molar-refractivity contribution in [3.05, 3.63) is 0 Å². The topological polar surface area (TPSA) is 33.0 Å². The van der Waals surface area contributed by atoms with E-state index in [2.05, 4.69) is 13.0 Å². The Bertz CT molecular complexity index is 139. The van der Waals surface area contributed by atoms with Gasteiger partial charge in [-0.2, -0.15) is 5.26 Å². The van der Waals surface area contributed by atoms with Gasteiger partial charge in [-0.15, -0.1) is 0 Å². The molecule has 0 saturated carbocycles. The quantitative estimate of drug-likeness (QED) is 0.583. The van der Waals surface area contributed by atoms with Gasteiger partial charge in [0.1, 0.15) is 0 Å². The summed E-state index contributed by atoms with van der Waals surface area (Å²) in [6, 6.07) is 2.16. The molecule has 1 aliphatic heterocycles. The van der Waals surface area contributed by atoms with Crippen LogP contribution in [0.25, 0.3) is 0 Å². The lowest BCUT2D eigenvalue weighted by Crippen LogP contribution is -2.10. The maximum absolute atomic E-state index is 8.32. The Morgan fingerprint density at radius 2 is 2.50 bits per heavy atom. The van der Waals surface area contributed by atoms with E-state index in [9.17, 15) is 0 Å². The summed E-state index contributed by atoms with van der Waals surface area (Å²) in [7, 11) is 0. The molecule has 0 amide bonds. The molecule has 1 fully saturated rings. The van der Waals surface area contributed by atoms with Crippen molar-refractivity contribution in [3.8, 4) is 6.07 Å². The van der Waals surface area contributed by atoms with Gasteiger partial charge in [0, 0.05) is 13.0 Å². The van der Waals surface area contributed by atoms with Crippen LogP contribution in [0, 0.1) is 17.2 Å². The highest BCUT2D eigenvalue weighted by Gasteiger charge is 2.22. The van der Waals surface area contributed by atoms with Crippen molar-refractivity contribution >= 4 is 0 Å². The predicted molar refractivity (Wildman–Crippen MR) is 38.4 cm³/mol. The number of hydrogen-bond donors (Lipinski definition) is 0. The molecule has 0 aromatic carbocycles. The van der Waals surface area contributed by atoms with Gasteiger partial charge < -0.3 is 4.74 Å². The summed E-state index contributed by atoms with van der Waals surface area (Å²) < 4.78 is 5.35. The highest BCUT2D eigenvalue weighted by atomic mass is 16.5. The molecule has 10 heavy (non-hydrogen) atoms. The molecule has 0 N–H and O–H groups in total. The van der Waals surface area contributed by atoms with Gasteiger partial charge >= 0.3 is 0 Å². The van der Waals surface area contributed by atoms with Gasteiger partial charge in [0.2, 0.25) is 0 Å². The van der Waals surface area contributed by atoms with Crippen molar-refractivity contribution in [1.82, 2.24) is 0 Å². The summed E-state index contributed by atoms with van der Waals surface area (Å²) in [6.07, 6.45) is 3.21. The molecule has 2 heteroatoms. The van der Waals surface area contributed by atoms with E-state index < -0.39 is 0 Å². The molecule has 2 nitrogen and oxygen atoms in total. The number of nitrogens with zero attached hydrogens (tertiary/aromatic N) is 1. The predicted octanol–water partition coefficient (Wildman–Crippen LogP) is 1.72. The van der Waals surface area contributed by atoms with Crippen LogP contribution < -0.4 is 0 Å². The lowest BCUT2D eigenvalue weighted by Gasteiger charge is -2.10. The van der Waals surface area contributed by atoms with Crippen LogP contribution in [0.4, 0.5) is 0 Å². The Balaban J connectivity index is 2.21. The summed E-state index contributed by atoms with van der Waals surface area (Å²) in [6.45, 7) is 2.98. The number of hydrogen-bond acceptors (Lipinski definition) is 2. The summed E-state index contributed by atoms with van der Waals surface area (Å²) in [5, 5.41) is 8.32. The lowest BCUT2D eigenvalue weighted by molar-refractivity contribution is 0.104. The van der Waals surface area contributed by atoms with Crippen molar-refractivity contribution in [3.63, 3.8) is 0 Å². The molecule has 2 atom stereocenters. The van der Waals surface area contributed by atoms with Gasteiger partial charge in [0.25, 0.3) is 0 Å². The Hall–Kier alpha value is -0.550. The Labute approximate surface area is 61.8 Å². The first kappa shape index (κ1) is 7.56. The zero-order valence-corrected chi connectivity index (χ0v) is 6.34. The van der Waals surface area contributed by atoms with E-state index >= 15 is 0 Å². The van der Waals surface area contributed by atoms with Crippen LogP contribution in [0.2, 0.25) is 0 Å². The third-order valence-electron chi connectivity index (χ3n) is 2.16. The maximum Gasteiger partial charge on any atom is 0.0621 e. The molecule has 56 valence electrons. The van der Waals surface area contributed by atoms with Crippen molar-refractivity contribution in [2.45, 2.75) is 32.3 Å². The molecule has 2 unspecified atom stereocenters. The molecule has 0 aromatic heterocycles.